The van der Waals surface area contributed by atoms with Crippen molar-refractivity contribution in [1.29, 1.82) is 0 Å². The molecule has 1 amide bonds. The van der Waals surface area contributed by atoms with E-state index in [9.17, 15) is 4.79 Å². The second kappa shape index (κ2) is 8.39. The van der Waals surface area contributed by atoms with Crippen LogP contribution in [0.4, 0.5) is 5.82 Å². The predicted octanol–water partition coefficient (Wildman–Crippen LogP) is 5.19. The van der Waals surface area contributed by atoms with Gasteiger partial charge in [-0.05, 0) is 37.1 Å². The number of nitrogens with zero attached hydrogens (tertiary/aromatic N) is 3. The number of benzene rings is 2. The second-order valence-electron chi connectivity index (χ2n) is 7.00. The van der Waals surface area contributed by atoms with E-state index in [0.29, 0.717) is 23.1 Å². The third-order valence-corrected chi connectivity index (χ3v) is 5.85. The summed E-state index contributed by atoms with van der Waals surface area (Å²) < 4.78 is 0. The molecule has 2 aromatic carbocycles. The molecular weight excluding hydrogens is 407 g/mol. The molecule has 1 fully saturated rings. The van der Waals surface area contributed by atoms with Gasteiger partial charge in [0.1, 0.15) is 12.1 Å². The number of nitrogens with one attached hydrogen (secondary N) is 1. The van der Waals surface area contributed by atoms with Crippen LogP contribution in [0, 0.1) is 0 Å². The number of carbonyl (C=O) groups excluding carboxylic acids is 1. The molecule has 0 saturated carbocycles. The Balaban J connectivity index is 1.64. The van der Waals surface area contributed by atoms with Gasteiger partial charge in [0.2, 0.25) is 5.91 Å². The number of fused-ring (bicyclic) bond motifs is 1. The lowest BCUT2D eigenvalue weighted by Gasteiger charge is -2.32. The van der Waals surface area contributed by atoms with Gasteiger partial charge in [0.25, 0.3) is 0 Å². The van der Waals surface area contributed by atoms with Gasteiger partial charge in [-0.3, -0.25) is 4.79 Å². The maximum absolute atomic E-state index is 11.8. The van der Waals surface area contributed by atoms with E-state index in [1.165, 1.54) is 12.4 Å². The molecule has 1 saturated heterocycles. The van der Waals surface area contributed by atoms with E-state index in [-0.39, 0.29) is 11.9 Å². The van der Waals surface area contributed by atoms with Crippen molar-refractivity contribution in [3.05, 3.63) is 65.4 Å². The van der Waals surface area contributed by atoms with Crippen molar-refractivity contribution >= 4 is 45.8 Å². The fraction of sp³-hybridized carbons (Fsp3) is 0.227. The van der Waals surface area contributed by atoms with Crippen LogP contribution in [0.15, 0.2) is 55.4 Å². The average Bonchev–Trinajstić information content (AvgIpc) is 2.74. The molecule has 2 heterocycles. The molecule has 148 valence electrons. The van der Waals surface area contributed by atoms with Crippen LogP contribution in [0.25, 0.3) is 22.0 Å². The molecule has 4 rings (SSSR count). The van der Waals surface area contributed by atoms with Gasteiger partial charge in [-0.1, -0.05) is 48.0 Å². The number of piperidine rings is 1. The maximum atomic E-state index is 11.8. The second-order valence-corrected chi connectivity index (χ2v) is 7.81. The number of halogens is 2. The van der Waals surface area contributed by atoms with Gasteiger partial charge in [0.15, 0.2) is 0 Å². The van der Waals surface area contributed by atoms with Crippen LogP contribution in [0.3, 0.4) is 0 Å². The number of hydrogen-bond donors (Lipinski definition) is 1. The van der Waals surface area contributed by atoms with Crippen molar-refractivity contribution in [2.75, 3.05) is 18.4 Å². The highest BCUT2D eigenvalue weighted by atomic mass is 35.5. The van der Waals surface area contributed by atoms with Crippen molar-refractivity contribution in [3.63, 3.8) is 0 Å². The van der Waals surface area contributed by atoms with Crippen LogP contribution in [-0.2, 0) is 4.79 Å². The lowest BCUT2D eigenvalue weighted by atomic mass is 10.0. The number of carbonyl (C=O) groups is 1. The van der Waals surface area contributed by atoms with Crippen LogP contribution >= 0.6 is 23.2 Å². The van der Waals surface area contributed by atoms with Crippen molar-refractivity contribution in [1.82, 2.24) is 14.9 Å². The van der Waals surface area contributed by atoms with Crippen LogP contribution in [0.5, 0.6) is 0 Å². The number of amides is 1. The van der Waals surface area contributed by atoms with E-state index < -0.39 is 0 Å². The molecule has 0 bridgehead atoms. The van der Waals surface area contributed by atoms with E-state index in [1.807, 2.05) is 41.3 Å². The maximum Gasteiger partial charge on any atom is 0.245 e. The van der Waals surface area contributed by atoms with Gasteiger partial charge in [-0.25, -0.2) is 9.97 Å². The van der Waals surface area contributed by atoms with Gasteiger partial charge in [-0.2, -0.15) is 0 Å². The summed E-state index contributed by atoms with van der Waals surface area (Å²) in [6.07, 6.45) is 4.59. The Morgan fingerprint density at radius 1 is 1.10 bits per heavy atom. The van der Waals surface area contributed by atoms with E-state index in [4.69, 9.17) is 23.2 Å². The quantitative estimate of drug-likeness (QED) is 0.582. The van der Waals surface area contributed by atoms with Crippen LogP contribution in [0.2, 0.25) is 10.0 Å². The molecule has 0 spiro atoms. The van der Waals surface area contributed by atoms with Crippen molar-refractivity contribution in [2.24, 2.45) is 0 Å². The van der Waals surface area contributed by atoms with Crippen LogP contribution < -0.4 is 5.32 Å². The highest BCUT2D eigenvalue weighted by Crippen LogP contribution is 2.37. The van der Waals surface area contributed by atoms with Crippen molar-refractivity contribution < 1.29 is 4.79 Å². The third-order valence-electron chi connectivity index (χ3n) is 5.21. The minimum atomic E-state index is -0.0186. The zero-order chi connectivity index (χ0) is 20.4. The summed E-state index contributed by atoms with van der Waals surface area (Å²) >= 11 is 12.9. The first-order valence-electron chi connectivity index (χ1n) is 9.44. The summed E-state index contributed by atoms with van der Waals surface area (Å²) in [7, 11) is 0. The molecule has 0 radical (unpaired) electrons. The van der Waals surface area contributed by atoms with Gasteiger partial charge in [0, 0.05) is 40.7 Å². The SMILES string of the molecule is C=CC(=O)N1CCC(Nc2ncnc3cc(Cl)c(-c4ccccc4Cl)cc23)CC1. The van der Waals surface area contributed by atoms with Gasteiger partial charge < -0.3 is 10.2 Å². The van der Waals surface area contributed by atoms with Gasteiger partial charge >= 0.3 is 0 Å². The van der Waals surface area contributed by atoms with Crippen LogP contribution in [0.1, 0.15) is 12.8 Å². The molecule has 1 N–H and O–H groups in total. The van der Waals surface area contributed by atoms with Crippen molar-refractivity contribution in [2.45, 2.75) is 18.9 Å². The molecule has 1 aromatic heterocycles. The highest BCUT2D eigenvalue weighted by molar-refractivity contribution is 6.37. The summed E-state index contributed by atoms with van der Waals surface area (Å²) in [5, 5.41) is 5.64. The Morgan fingerprint density at radius 2 is 1.86 bits per heavy atom. The number of aromatic nitrogens is 2. The molecular formula is C22H20Cl2N4O. The topological polar surface area (TPSA) is 58.1 Å². The molecule has 5 nitrogen and oxygen atoms in total. The lowest BCUT2D eigenvalue weighted by Crippen LogP contribution is -2.41. The largest absolute Gasteiger partial charge is 0.367 e. The normalized spacial score (nSPS) is 14.8. The molecule has 1 aliphatic rings. The highest BCUT2D eigenvalue weighted by Gasteiger charge is 2.22. The Morgan fingerprint density at radius 3 is 2.59 bits per heavy atom. The first-order chi connectivity index (χ1) is 14.1. The summed E-state index contributed by atoms with van der Waals surface area (Å²) in [6, 6.07) is 11.7. The van der Waals surface area contributed by atoms with E-state index in [2.05, 4.69) is 21.9 Å². The van der Waals surface area contributed by atoms with Gasteiger partial charge in [-0.15, -0.1) is 0 Å². The molecule has 0 atom stereocenters. The smallest absolute Gasteiger partial charge is 0.245 e. The summed E-state index contributed by atoms with van der Waals surface area (Å²) in [5.41, 5.74) is 2.48. The molecule has 7 heteroatoms. The minimum absolute atomic E-state index is 0.0186. The number of hydrogen-bond acceptors (Lipinski definition) is 4. The molecule has 0 aliphatic carbocycles. The first kappa shape index (κ1) is 19.7. The zero-order valence-electron chi connectivity index (χ0n) is 15.7. The predicted molar refractivity (Wildman–Crippen MR) is 118 cm³/mol. The van der Waals surface area contributed by atoms with Crippen molar-refractivity contribution in [3.8, 4) is 11.1 Å². The number of anilines is 1. The Bertz CT molecular complexity index is 1080. The number of likely N-dealkylation sites (tertiary alicyclic amines) is 1. The standard InChI is InChI=1S/C22H20Cl2N4O/c1-2-21(29)28-9-7-14(8-10-28)27-22-17-11-16(15-5-3-4-6-18(15)23)19(24)12-20(17)25-13-26-22/h2-6,11-14H,1,7-10H2,(H,25,26,27). The Kier molecular flexibility index (Phi) is 5.69. The molecule has 3 aromatic rings. The Labute approximate surface area is 179 Å². The minimum Gasteiger partial charge on any atom is -0.367 e. The van der Waals surface area contributed by atoms with E-state index >= 15 is 0 Å². The monoisotopic (exact) mass is 426 g/mol. The fourth-order valence-electron chi connectivity index (χ4n) is 3.65. The molecule has 0 unspecified atom stereocenters. The zero-order valence-corrected chi connectivity index (χ0v) is 17.2. The molecule has 1 aliphatic heterocycles. The third kappa shape index (κ3) is 4.07. The van der Waals surface area contributed by atoms with Gasteiger partial charge in [0.05, 0.1) is 10.5 Å². The first-order valence-corrected chi connectivity index (χ1v) is 10.2. The van der Waals surface area contributed by atoms with Crippen LogP contribution in [-0.4, -0.2) is 39.9 Å². The Hall–Kier alpha value is -2.63. The van der Waals surface area contributed by atoms with E-state index in [0.717, 1.165) is 40.7 Å². The summed E-state index contributed by atoms with van der Waals surface area (Å²) in [6.45, 7) is 4.95. The average molecular weight is 427 g/mol. The van der Waals surface area contributed by atoms with E-state index in [1.54, 1.807) is 0 Å². The summed E-state index contributed by atoms with van der Waals surface area (Å²) in [4.78, 5) is 22.4. The lowest BCUT2D eigenvalue weighted by molar-refractivity contribution is -0.126. The fourth-order valence-corrected chi connectivity index (χ4v) is 4.14. The summed E-state index contributed by atoms with van der Waals surface area (Å²) in [5.74, 6) is 0.739. The number of rotatable bonds is 4. The molecule has 29 heavy (non-hydrogen) atoms.